The molecule has 3 heteroatoms. The fourth-order valence-corrected chi connectivity index (χ4v) is 2.88. The molecule has 2 atom stereocenters. The molecule has 1 saturated heterocycles. The first kappa shape index (κ1) is 15.5. The van der Waals surface area contributed by atoms with Gasteiger partial charge in [0, 0.05) is 13.1 Å². The van der Waals surface area contributed by atoms with Gasteiger partial charge in [-0.1, -0.05) is 44.5 Å². The maximum Gasteiger partial charge on any atom is 0.106 e. The van der Waals surface area contributed by atoms with Gasteiger partial charge in [-0.3, -0.25) is 4.90 Å². The maximum atomic E-state index is 10.6. The molecule has 0 aliphatic carbocycles. The third kappa shape index (κ3) is 4.05. The predicted octanol–water partition coefficient (Wildman–Crippen LogP) is 2.78. The van der Waals surface area contributed by atoms with Crippen LogP contribution in [0.3, 0.4) is 0 Å². The second kappa shape index (κ2) is 7.77. The molecule has 1 N–H and O–H groups in total. The van der Waals surface area contributed by atoms with Gasteiger partial charge in [0.15, 0.2) is 0 Å². The monoisotopic (exact) mass is 277 g/mol. The van der Waals surface area contributed by atoms with Crippen molar-refractivity contribution in [2.75, 3.05) is 26.2 Å². The number of hydrogen-bond acceptors (Lipinski definition) is 3. The lowest BCUT2D eigenvalue weighted by molar-refractivity contribution is -0.0898. The third-order valence-corrected chi connectivity index (χ3v) is 3.90. The van der Waals surface area contributed by atoms with Crippen molar-refractivity contribution >= 4 is 0 Å². The fraction of sp³-hybridized carbons (Fsp3) is 0.647. The van der Waals surface area contributed by atoms with Gasteiger partial charge >= 0.3 is 0 Å². The van der Waals surface area contributed by atoms with Crippen molar-refractivity contribution in [3.8, 4) is 0 Å². The summed E-state index contributed by atoms with van der Waals surface area (Å²) in [5.41, 5.74) is 2.28. The van der Waals surface area contributed by atoms with Gasteiger partial charge in [-0.05, 0) is 30.5 Å². The third-order valence-electron chi connectivity index (χ3n) is 3.90. The van der Waals surface area contributed by atoms with Crippen molar-refractivity contribution in [1.82, 2.24) is 4.90 Å². The minimum Gasteiger partial charge on any atom is -0.386 e. The van der Waals surface area contributed by atoms with Crippen molar-refractivity contribution < 1.29 is 9.84 Å². The molecule has 2 unspecified atom stereocenters. The SMILES string of the molecule is CCCc1cccc(C(O)C2CN(CCC)CCO2)c1. The van der Waals surface area contributed by atoms with Crippen LogP contribution in [-0.2, 0) is 11.2 Å². The zero-order chi connectivity index (χ0) is 14.4. The van der Waals surface area contributed by atoms with Crippen LogP contribution in [0.15, 0.2) is 24.3 Å². The van der Waals surface area contributed by atoms with Crippen molar-refractivity contribution in [3.05, 3.63) is 35.4 Å². The summed E-state index contributed by atoms with van der Waals surface area (Å²) in [6, 6.07) is 8.29. The summed E-state index contributed by atoms with van der Waals surface area (Å²) < 4.78 is 5.78. The van der Waals surface area contributed by atoms with Crippen LogP contribution in [-0.4, -0.2) is 42.4 Å². The number of aryl methyl sites for hydroxylation is 1. The van der Waals surface area contributed by atoms with Gasteiger partial charge in [-0.25, -0.2) is 0 Å². The molecular weight excluding hydrogens is 250 g/mol. The highest BCUT2D eigenvalue weighted by Gasteiger charge is 2.27. The molecule has 1 heterocycles. The Hall–Kier alpha value is -0.900. The molecule has 20 heavy (non-hydrogen) atoms. The second-order valence-electron chi connectivity index (χ2n) is 5.65. The molecule has 0 amide bonds. The van der Waals surface area contributed by atoms with Crippen LogP contribution in [0.5, 0.6) is 0 Å². The molecule has 0 aromatic heterocycles. The van der Waals surface area contributed by atoms with Gasteiger partial charge < -0.3 is 9.84 Å². The molecule has 1 aliphatic rings. The summed E-state index contributed by atoms with van der Waals surface area (Å²) in [5.74, 6) is 0. The summed E-state index contributed by atoms with van der Waals surface area (Å²) in [6.07, 6.45) is 2.71. The number of hydrogen-bond donors (Lipinski definition) is 1. The average Bonchev–Trinajstić information content (AvgIpc) is 2.48. The van der Waals surface area contributed by atoms with E-state index in [2.05, 4.69) is 30.9 Å². The van der Waals surface area contributed by atoms with Crippen LogP contribution in [0.2, 0.25) is 0 Å². The van der Waals surface area contributed by atoms with Crippen LogP contribution < -0.4 is 0 Å². The highest BCUT2D eigenvalue weighted by atomic mass is 16.5. The smallest absolute Gasteiger partial charge is 0.106 e. The van der Waals surface area contributed by atoms with E-state index in [-0.39, 0.29) is 6.10 Å². The van der Waals surface area contributed by atoms with E-state index in [1.807, 2.05) is 12.1 Å². The zero-order valence-electron chi connectivity index (χ0n) is 12.7. The number of benzene rings is 1. The Morgan fingerprint density at radius 3 is 2.95 bits per heavy atom. The first-order valence-electron chi connectivity index (χ1n) is 7.85. The predicted molar refractivity (Wildman–Crippen MR) is 81.9 cm³/mol. The van der Waals surface area contributed by atoms with Gasteiger partial charge in [0.05, 0.1) is 6.61 Å². The fourth-order valence-electron chi connectivity index (χ4n) is 2.88. The van der Waals surface area contributed by atoms with Gasteiger partial charge in [-0.15, -0.1) is 0 Å². The quantitative estimate of drug-likeness (QED) is 0.868. The summed E-state index contributed by atoms with van der Waals surface area (Å²) in [5, 5.41) is 10.6. The van der Waals surface area contributed by atoms with Gasteiger partial charge in [-0.2, -0.15) is 0 Å². The molecule has 0 spiro atoms. The Kier molecular flexibility index (Phi) is 6.02. The van der Waals surface area contributed by atoms with E-state index in [4.69, 9.17) is 4.74 Å². The second-order valence-corrected chi connectivity index (χ2v) is 5.65. The lowest BCUT2D eigenvalue weighted by Crippen LogP contribution is -2.45. The number of aliphatic hydroxyl groups excluding tert-OH is 1. The van der Waals surface area contributed by atoms with Crippen LogP contribution in [0.25, 0.3) is 0 Å². The Bertz CT molecular complexity index is 406. The Balaban J connectivity index is 2.02. The molecule has 0 radical (unpaired) electrons. The molecule has 1 aromatic rings. The number of morpholine rings is 1. The summed E-state index contributed by atoms with van der Waals surface area (Å²) in [4.78, 5) is 2.38. The number of ether oxygens (including phenoxy) is 1. The van der Waals surface area contributed by atoms with E-state index in [1.54, 1.807) is 0 Å². The largest absolute Gasteiger partial charge is 0.386 e. The van der Waals surface area contributed by atoms with E-state index in [1.165, 1.54) is 5.56 Å². The molecule has 0 saturated carbocycles. The van der Waals surface area contributed by atoms with Crippen LogP contribution >= 0.6 is 0 Å². The van der Waals surface area contributed by atoms with E-state index >= 15 is 0 Å². The molecule has 1 aromatic carbocycles. The molecule has 1 fully saturated rings. The minimum absolute atomic E-state index is 0.104. The Morgan fingerprint density at radius 2 is 2.20 bits per heavy atom. The number of nitrogens with zero attached hydrogens (tertiary/aromatic N) is 1. The van der Waals surface area contributed by atoms with E-state index in [0.29, 0.717) is 0 Å². The molecule has 0 bridgehead atoms. The highest BCUT2D eigenvalue weighted by Crippen LogP contribution is 2.23. The van der Waals surface area contributed by atoms with Gasteiger partial charge in [0.25, 0.3) is 0 Å². The molecule has 2 rings (SSSR count). The zero-order valence-corrected chi connectivity index (χ0v) is 12.7. The van der Waals surface area contributed by atoms with Crippen molar-refractivity contribution in [1.29, 1.82) is 0 Å². The lowest BCUT2D eigenvalue weighted by Gasteiger charge is -2.35. The Morgan fingerprint density at radius 1 is 1.35 bits per heavy atom. The summed E-state index contributed by atoms with van der Waals surface area (Å²) in [6.45, 7) is 7.98. The van der Waals surface area contributed by atoms with Crippen LogP contribution in [0.4, 0.5) is 0 Å². The molecule has 3 nitrogen and oxygen atoms in total. The van der Waals surface area contributed by atoms with Crippen LogP contribution in [0.1, 0.15) is 43.9 Å². The van der Waals surface area contributed by atoms with E-state index in [0.717, 1.165) is 51.1 Å². The van der Waals surface area contributed by atoms with E-state index in [9.17, 15) is 5.11 Å². The maximum absolute atomic E-state index is 10.6. The van der Waals surface area contributed by atoms with Crippen LogP contribution in [0, 0.1) is 0 Å². The van der Waals surface area contributed by atoms with Crippen molar-refractivity contribution in [2.45, 2.75) is 45.3 Å². The van der Waals surface area contributed by atoms with Crippen molar-refractivity contribution in [3.63, 3.8) is 0 Å². The normalized spacial score (nSPS) is 21.9. The summed E-state index contributed by atoms with van der Waals surface area (Å²) >= 11 is 0. The first-order chi connectivity index (χ1) is 9.74. The van der Waals surface area contributed by atoms with Crippen molar-refractivity contribution in [2.24, 2.45) is 0 Å². The topological polar surface area (TPSA) is 32.7 Å². The first-order valence-corrected chi connectivity index (χ1v) is 7.85. The number of aliphatic hydroxyl groups is 1. The summed E-state index contributed by atoms with van der Waals surface area (Å²) in [7, 11) is 0. The lowest BCUT2D eigenvalue weighted by atomic mass is 9.99. The average molecular weight is 277 g/mol. The molecule has 1 aliphatic heterocycles. The minimum atomic E-state index is -0.522. The molecular formula is C17H27NO2. The Labute approximate surface area is 122 Å². The highest BCUT2D eigenvalue weighted by molar-refractivity contribution is 5.26. The van der Waals surface area contributed by atoms with Gasteiger partial charge in [0.2, 0.25) is 0 Å². The standard InChI is InChI=1S/C17H27NO2/c1-3-6-14-7-5-8-15(12-14)17(19)16-13-18(9-4-2)10-11-20-16/h5,7-8,12,16-17,19H,3-4,6,9-11,13H2,1-2H3. The number of rotatable bonds is 6. The molecule has 112 valence electrons. The van der Waals surface area contributed by atoms with Gasteiger partial charge in [0.1, 0.15) is 12.2 Å². The van der Waals surface area contributed by atoms with E-state index < -0.39 is 6.10 Å².